The smallest absolute Gasteiger partial charge is 0.378 e. The van der Waals surface area contributed by atoms with Crippen molar-refractivity contribution in [3.05, 3.63) is 35.4 Å². The zero-order valence-electron chi connectivity index (χ0n) is 9.89. The van der Waals surface area contributed by atoms with Crippen molar-refractivity contribution in [1.29, 1.82) is 0 Å². The number of halogens is 3. The van der Waals surface area contributed by atoms with Crippen LogP contribution >= 0.6 is 0 Å². The van der Waals surface area contributed by atoms with Gasteiger partial charge in [0.05, 0.1) is 5.56 Å². The van der Waals surface area contributed by atoms with Crippen LogP contribution in [0.25, 0.3) is 0 Å². The van der Waals surface area contributed by atoms with Gasteiger partial charge in [-0.3, -0.25) is 0 Å². The highest BCUT2D eigenvalue weighted by atomic mass is 19.4. The molecule has 0 unspecified atom stereocenters. The Hall–Kier alpha value is -1.91. The Balaban J connectivity index is 3.06. The topological polar surface area (TPSA) is 20.2 Å². The van der Waals surface area contributed by atoms with Crippen LogP contribution in [0.15, 0.2) is 24.3 Å². The molecule has 4 heteroatoms. The molecule has 0 atom stereocenters. The number of benzene rings is 1. The molecule has 0 aliphatic heterocycles. The summed E-state index contributed by atoms with van der Waals surface area (Å²) in [6.45, 7) is 2.93. The Kier molecular flexibility index (Phi) is 4.06. The molecule has 1 aromatic rings. The molecule has 0 saturated carbocycles. The molecule has 1 N–H and O–H groups in total. The third-order valence-corrected chi connectivity index (χ3v) is 1.86. The maximum atomic E-state index is 12.6. The highest BCUT2D eigenvalue weighted by molar-refractivity contribution is 5.46. The van der Waals surface area contributed by atoms with Gasteiger partial charge in [0.25, 0.3) is 0 Å². The summed E-state index contributed by atoms with van der Waals surface area (Å²) in [5, 5.41) is 9.28. The first-order valence-electron chi connectivity index (χ1n) is 5.12. The van der Waals surface area contributed by atoms with Crippen molar-refractivity contribution in [2.45, 2.75) is 25.6 Å². The first-order chi connectivity index (χ1) is 8.20. The summed E-state index contributed by atoms with van der Waals surface area (Å²) in [5.41, 5.74) is -2.13. The number of alkyl halides is 3. The van der Waals surface area contributed by atoms with Gasteiger partial charge in [0.2, 0.25) is 0 Å². The van der Waals surface area contributed by atoms with Gasteiger partial charge in [-0.1, -0.05) is 24.0 Å². The standard InChI is InChI=1S/C14H11F3O/c1-13(2,18)10-6-5-8-11-7-3-4-9-12(11)14(15,16)17/h3-4,7,9,18H,1-2H3. The third kappa shape index (κ3) is 4.53. The lowest BCUT2D eigenvalue weighted by Gasteiger charge is -2.07. The van der Waals surface area contributed by atoms with Crippen molar-refractivity contribution in [2.24, 2.45) is 0 Å². The minimum atomic E-state index is -4.44. The summed E-state index contributed by atoms with van der Waals surface area (Å²) < 4.78 is 37.8. The number of rotatable bonds is 0. The van der Waals surface area contributed by atoms with Crippen LogP contribution < -0.4 is 0 Å². The second kappa shape index (κ2) is 5.16. The fourth-order valence-corrected chi connectivity index (χ4v) is 1.12. The molecule has 0 amide bonds. The molecule has 1 nitrogen and oxygen atoms in total. The monoisotopic (exact) mass is 252 g/mol. The van der Waals surface area contributed by atoms with Gasteiger partial charge in [-0.25, -0.2) is 0 Å². The van der Waals surface area contributed by atoms with Crippen LogP contribution in [0.5, 0.6) is 0 Å². The second-order valence-corrected chi connectivity index (χ2v) is 4.10. The van der Waals surface area contributed by atoms with E-state index < -0.39 is 17.3 Å². The van der Waals surface area contributed by atoms with E-state index in [2.05, 4.69) is 23.7 Å². The maximum Gasteiger partial charge on any atom is 0.417 e. The van der Waals surface area contributed by atoms with Crippen LogP contribution in [0, 0.1) is 23.7 Å². The summed E-state index contributed by atoms with van der Waals surface area (Å²) in [6.07, 6.45) is -4.44. The van der Waals surface area contributed by atoms with E-state index >= 15 is 0 Å². The molecule has 1 aromatic carbocycles. The van der Waals surface area contributed by atoms with Crippen LogP contribution in [-0.4, -0.2) is 10.7 Å². The van der Waals surface area contributed by atoms with Crippen molar-refractivity contribution < 1.29 is 18.3 Å². The van der Waals surface area contributed by atoms with Crippen LogP contribution in [0.2, 0.25) is 0 Å². The molecule has 18 heavy (non-hydrogen) atoms. The van der Waals surface area contributed by atoms with Crippen molar-refractivity contribution in [3.8, 4) is 23.7 Å². The third-order valence-electron chi connectivity index (χ3n) is 1.86. The normalized spacial score (nSPS) is 11.0. The van der Waals surface area contributed by atoms with E-state index in [1.807, 2.05) is 0 Å². The highest BCUT2D eigenvalue weighted by Crippen LogP contribution is 2.31. The lowest BCUT2D eigenvalue weighted by molar-refractivity contribution is -0.137. The summed E-state index contributed by atoms with van der Waals surface area (Å²) in [4.78, 5) is 0. The average molecular weight is 252 g/mol. The molecule has 0 aromatic heterocycles. The van der Waals surface area contributed by atoms with E-state index in [9.17, 15) is 18.3 Å². The molecule has 1 rings (SSSR count). The van der Waals surface area contributed by atoms with E-state index in [1.165, 1.54) is 32.0 Å². The average Bonchev–Trinajstić information content (AvgIpc) is 2.22. The molecule has 0 saturated heterocycles. The Morgan fingerprint density at radius 2 is 1.67 bits per heavy atom. The Morgan fingerprint density at radius 3 is 2.22 bits per heavy atom. The minimum absolute atomic E-state index is 0.130. The summed E-state index contributed by atoms with van der Waals surface area (Å²) in [6, 6.07) is 5.02. The fraction of sp³-hybridized carbons (Fsp3) is 0.286. The van der Waals surface area contributed by atoms with E-state index in [1.54, 1.807) is 0 Å². The van der Waals surface area contributed by atoms with Crippen LogP contribution in [-0.2, 0) is 6.18 Å². The number of hydrogen-bond donors (Lipinski definition) is 1. The molecular formula is C14H11F3O. The van der Waals surface area contributed by atoms with Crippen molar-refractivity contribution in [2.75, 3.05) is 0 Å². The van der Waals surface area contributed by atoms with E-state index in [0.717, 1.165) is 6.07 Å². The predicted molar refractivity (Wildman–Crippen MR) is 62.4 cm³/mol. The largest absolute Gasteiger partial charge is 0.417 e. The maximum absolute atomic E-state index is 12.6. The summed E-state index contributed by atoms with van der Waals surface area (Å²) in [5.74, 6) is 9.36. The molecule has 0 heterocycles. The van der Waals surface area contributed by atoms with Gasteiger partial charge in [0.1, 0.15) is 5.60 Å². The molecule has 0 radical (unpaired) electrons. The van der Waals surface area contributed by atoms with Gasteiger partial charge < -0.3 is 5.11 Å². The van der Waals surface area contributed by atoms with Gasteiger partial charge in [-0.2, -0.15) is 13.2 Å². The lowest BCUT2D eigenvalue weighted by atomic mass is 10.1. The van der Waals surface area contributed by atoms with Gasteiger partial charge in [0.15, 0.2) is 0 Å². The molecule has 0 bridgehead atoms. The zero-order valence-corrected chi connectivity index (χ0v) is 9.89. The Bertz CT molecular complexity index is 543. The molecular weight excluding hydrogens is 241 g/mol. The van der Waals surface area contributed by atoms with Gasteiger partial charge in [0, 0.05) is 5.56 Å². The predicted octanol–water partition coefficient (Wildman–Crippen LogP) is 2.83. The van der Waals surface area contributed by atoms with E-state index in [4.69, 9.17) is 0 Å². The quantitative estimate of drug-likeness (QED) is 0.704. The Morgan fingerprint density at radius 1 is 1.06 bits per heavy atom. The number of hydrogen-bond acceptors (Lipinski definition) is 1. The molecule has 94 valence electrons. The van der Waals surface area contributed by atoms with E-state index in [-0.39, 0.29) is 5.56 Å². The summed E-state index contributed by atoms with van der Waals surface area (Å²) in [7, 11) is 0. The molecule has 0 aliphatic rings. The summed E-state index contributed by atoms with van der Waals surface area (Å²) >= 11 is 0. The first kappa shape index (κ1) is 14.2. The van der Waals surface area contributed by atoms with Gasteiger partial charge >= 0.3 is 6.18 Å². The van der Waals surface area contributed by atoms with Crippen molar-refractivity contribution in [1.82, 2.24) is 0 Å². The van der Waals surface area contributed by atoms with Crippen LogP contribution in [0.4, 0.5) is 13.2 Å². The molecule has 0 spiro atoms. The minimum Gasteiger partial charge on any atom is -0.378 e. The molecule has 0 aliphatic carbocycles. The second-order valence-electron chi connectivity index (χ2n) is 4.10. The van der Waals surface area contributed by atoms with Crippen molar-refractivity contribution >= 4 is 0 Å². The van der Waals surface area contributed by atoms with Gasteiger partial charge in [-0.15, -0.1) is 0 Å². The van der Waals surface area contributed by atoms with Gasteiger partial charge in [-0.05, 0) is 37.8 Å². The van der Waals surface area contributed by atoms with E-state index in [0.29, 0.717) is 0 Å². The highest BCUT2D eigenvalue weighted by Gasteiger charge is 2.32. The Labute approximate surface area is 104 Å². The SMILES string of the molecule is CC(C)(O)C#CC#Cc1ccccc1C(F)(F)F. The lowest BCUT2D eigenvalue weighted by Crippen LogP contribution is -2.14. The molecule has 0 fully saturated rings. The fourth-order valence-electron chi connectivity index (χ4n) is 1.12. The van der Waals surface area contributed by atoms with Crippen molar-refractivity contribution in [3.63, 3.8) is 0 Å². The number of aliphatic hydroxyl groups is 1. The van der Waals surface area contributed by atoms with Crippen LogP contribution in [0.1, 0.15) is 25.0 Å². The zero-order chi connectivity index (χ0) is 13.8. The first-order valence-corrected chi connectivity index (χ1v) is 5.12. The van der Waals surface area contributed by atoms with Crippen LogP contribution in [0.3, 0.4) is 0 Å².